The number of hydrogen-bond acceptors (Lipinski definition) is 5. The number of carbonyl (C=O) groups excluding carboxylic acids is 2. The minimum absolute atomic E-state index is 0.00521. The van der Waals surface area contributed by atoms with Crippen LogP contribution in [0.3, 0.4) is 0 Å². The van der Waals surface area contributed by atoms with Gasteiger partial charge in [-0.15, -0.1) is 0 Å². The maximum Gasteiger partial charge on any atom is 0.416 e. The number of alkyl halides is 3. The average Bonchev–Trinajstić information content (AvgIpc) is 3.42. The molecule has 0 saturated heterocycles. The minimum Gasteiger partial charge on any atom is -0.383 e. The van der Waals surface area contributed by atoms with Gasteiger partial charge < -0.3 is 16.4 Å². The highest BCUT2D eigenvalue weighted by Crippen LogP contribution is 2.50. The number of rotatable bonds is 4. The summed E-state index contributed by atoms with van der Waals surface area (Å²) >= 11 is 12.8. The maximum atomic E-state index is 14.2. The zero-order valence-electron chi connectivity index (χ0n) is 22.2. The second kappa shape index (κ2) is 10.7. The van der Waals surface area contributed by atoms with E-state index >= 15 is 0 Å². The predicted octanol–water partition coefficient (Wildman–Crippen LogP) is 7.09. The first-order valence-corrected chi connectivity index (χ1v) is 13.7. The molecule has 222 valence electrons. The number of benzene rings is 3. The van der Waals surface area contributed by atoms with E-state index in [0.29, 0.717) is 63.1 Å². The fourth-order valence-electron chi connectivity index (χ4n) is 5.55. The van der Waals surface area contributed by atoms with Gasteiger partial charge in [0.2, 0.25) is 0 Å². The Balaban J connectivity index is 1.59. The van der Waals surface area contributed by atoms with Crippen LogP contribution in [0.1, 0.15) is 44.3 Å². The topological polar surface area (TPSA) is 124 Å². The van der Waals surface area contributed by atoms with Gasteiger partial charge in [0.1, 0.15) is 23.4 Å². The number of halogens is 6. The zero-order chi connectivity index (χ0) is 31.5. The first-order chi connectivity index (χ1) is 20.8. The van der Waals surface area contributed by atoms with Gasteiger partial charge in [0, 0.05) is 39.0 Å². The van der Waals surface area contributed by atoms with Crippen molar-refractivity contribution in [1.82, 2.24) is 10.3 Å². The van der Waals surface area contributed by atoms with E-state index in [1.807, 2.05) is 6.07 Å². The molecule has 0 spiro atoms. The molecule has 2 aliphatic heterocycles. The summed E-state index contributed by atoms with van der Waals surface area (Å²) in [6.45, 7) is 0.261. The Morgan fingerprint density at radius 1 is 1.11 bits per heavy atom. The lowest BCUT2D eigenvalue weighted by Crippen LogP contribution is -2.46. The predicted molar refractivity (Wildman–Crippen MR) is 156 cm³/mol. The van der Waals surface area contributed by atoms with Crippen LogP contribution < -0.4 is 21.3 Å². The Kier molecular flexibility index (Phi) is 7.10. The molecule has 1 unspecified atom stereocenters. The molecule has 44 heavy (non-hydrogen) atoms. The average molecular weight is 641 g/mol. The molecule has 3 aromatic carbocycles. The van der Waals surface area contributed by atoms with Crippen LogP contribution in [0, 0.1) is 17.1 Å². The van der Waals surface area contributed by atoms with Gasteiger partial charge in [0.25, 0.3) is 5.91 Å². The van der Waals surface area contributed by atoms with Crippen LogP contribution >= 0.6 is 23.2 Å². The van der Waals surface area contributed by atoms with Crippen molar-refractivity contribution in [2.24, 2.45) is 0 Å². The molecule has 3 amide bonds. The standard InChI is InChI=1S/C30H18Cl2F4N6O2/c31-15-1-4-22(32)21(10-15)25-24-23(40-28(43)13-7-14(30(34,35)36)9-16(33)8-13)11-20(19-3-2-17(12-37)39-27(19)38)18-5-6-42(26(18)24)29(44)41-25/h1-4,7-11,25H,5-6H2,(H2,38,39)(H,40,43)(H,41,44). The van der Waals surface area contributed by atoms with Crippen LogP contribution in [-0.4, -0.2) is 23.5 Å². The Morgan fingerprint density at radius 2 is 1.89 bits per heavy atom. The van der Waals surface area contributed by atoms with Crippen LogP contribution in [0.25, 0.3) is 11.1 Å². The molecule has 0 fully saturated rings. The van der Waals surface area contributed by atoms with Crippen molar-refractivity contribution in [1.29, 1.82) is 5.26 Å². The number of anilines is 3. The van der Waals surface area contributed by atoms with Crippen LogP contribution in [0.4, 0.5) is 39.5 Å². The van der Waals surface area contributed by atoms with E-state index in [1.54, 1.807) is 30.3 Å². The van der Waals surface area contributed by atoms with E-state index in [-0.39, 0.29) is 28.8 Å². The summed E-state index contributed by atoms with van der Waals surface area (Å²) in [5.74, 6) is -2.29. The van der Waals surface area contributed by atoms with Crippen molar-refractivity contribution < 1.29 is 27.2 Å². The third-order valence-corrected chi connectivity index (χ3v) is 8.02. The van der Waals surface area contributed by atoms with Crippen molar-refractivity contribution in [2.75, 3.05) is 22.5 Å². The highest BCUT2D eigenvalue weighted by Gasteiger charge is 2.41. The number of hydrogen-bond donors (Lipinski definition) is 3. The summed E-state index contributed by atoms with van der Waals surface area (Å²) < 4.78 is 54.5. The van der Waals surface area contributed by atoms with Gasteiger partial charge in [0.15, 0.2) is 0 Å². The van der Waals surface area contributed by atoms with Crippen LogP contribution in [0.15, 0.2) is 54.6 Å². The molecule has 0 saturated carbocycles. The molecule has 8 nitrogen and oxygen atoms in total. The van der Waals surface area contributed by atoms with Crippen molar-refractivity contribution >= 4 is 52.3 Å². The molecule has 1 aromatic heterocycles. The fourth-order valence-corrected chi connectivity index (χ4v) is 5.96. The summed E-state index contributed by atoms with van der Waals surface area (Å²) in [5.41, 5.74) is 7.20. The van der Waals surface area contributed by atoms with E-state index in [1.165, 1.54) is 11.0 Å². The number of nitrogens with two attached hydrogens (primary N) is 1. The first-order valence-electron chi connectivity index (χ1n) is 12.9. The summed E-state index contributed by atoms with van der Waals surface area (Å²) in [4.78, 5) is 32.4. The SMILES string of the molecule is N#Cc1ccc(-c2cc(NC(=O)c3cc(F)cc(C(F)(F)F)c3)c3c4c2CCN4C(=O)NC3c2cc(Cl)ccc2Cl)c(N)n1. The molecule has 0 aliphatic carbocycles. The summed E-state index contributed by atoms with van der Waals surface area (Å²) in [5, 5.41) is 15.3. The molecule has 3 heterocycles. The molecule has 4 N–H and O–H groups in total. The van der Waals surface area contributed by atoms with Crippen LogP contribution in [-0.2, 0) is 12.6 Å². The van der Waals surface area contributed by atoms with Gasteiger partial charge in [-0.05, 0) is 77.7 Å². The van der Waals surface area contributed by atoms with Gasteiger partial charge in [-0.3, -0.25) is 9.69 Å². The van der Waals surface area contributed by atoms with Gasteiger partial charge in [-0.25, -0.2) is 14.2 Å². The zero-order valence-corrected chi connectivity index (χ0v) is 23.7. The number of pyridine rings is 1. The smallest absolute Gasteiger partial charge is 0.383 e. The van der Waals surface area contributed by atoms with Crippen molar-refractivity contribution in [3.63, 3.8) is 0 Å². The number of amides is 3. The molecule has 2 aliphatic rings. The lowest BCUT2D eigenvalue weighted by molar-refractivity contribution is -0.137. The first kappa shape index (κ1) is 29.2. The van der Waals surface area contributed by atoms with Crippen molar-refractivity contribution in [3.8, 4) is 17.2 Å². The van der Waals surface area contributed by atoms with Crippen molar-refractivity contribution in [2.45, 2.75) is 18.6 Å². The molecule has 6 rings (SSSR count). The Labute approximate surface area is 257 Å². The molecular formula is C30H18Cl2F4N6O2. The molecule has 14 heteroatoms. The quantitative estimate of drug-likeness (QED) is 0.205. The van der Waals surface area contributed by atoms with Crippen LogP contribution in [0.5, 0.6) is 0 Å². The summed E-state index contributed by atoms with van der Waals surface area (Å²) in [6.07, 6.45) is -4.52. The summed E-state index contributed by atoms with van der Waals surface area (Å²) in [7, 11) is 0. The largest absolute Gasteiger partial charge is 0.416 e. The Hall–Kier alpha value is -4.86. The second-order valence-electron chi connectivity index (χ2n) is 10.1. The van der Waals surface area contributed by atoms with Gasteiger partial charge in [-0.2, -0.15) is 18.4 Å². The highest BCUT2D eigenvalue weighted by atomic mass is 35.5. The highest BCUT2D eigenvalue weighted by molar-refractivity contribution is 6.33. The van der Waals surface area contributed by atoms with Crippen LogP contribution in [0.2, 0.25) is 10.0 Å². The summed E-state index contributed by atoms with van der Waals surface area (Å²) in [6, 6.07) is 11.3. The number of carbonyl (C=O) groups is 2. The van der Waals surface area contributed by atoms with E-state index in [9.17, 15) is 32.4 Å². The molecule has 4 aromatic rings. The second-order valence-corrected chi connectivity index (χ2v) is 10.9. The number of nitriles is 1. The monoisotopic (exact) mass is 640 g/mol. The van der Waals surface area contributed by atoms with E-state index < -0.39 is 41.1 Å². The lowest BCUT2D eigenvalue weighted by atomic mass is 9.87. The molecule has 0 bridgehead atoms. The number of aromatic nitrogens is 1. The number of nitrogens with zero attached hydrogens (tertiary/aromatic N) is 3. The van der Waals surface area contributed by atoms with E-state index in [2.05, 4.69) is 15.6 Å². The minimum atomic E-state index is -4.90. The van der Waals surface area contributed by atoms with E-state index in [0.717, 1.165) is 0 Å². The van der Waals surface area contributed by atoms with Crippen molar-refractivity contribution in [3.05, 3.63) is 104 Å². The Morgan fingerprint density at radius 3 is 2.59 bits per heavy atom. The van der Waals surface area contributed by atoms with Gasteiger partial charge >= 0.3 is 12.2 Å². The molecule has 1 atom stereocenters. The number of nitrogens with one attached hydrogen (secondary N) is 2. The third-order valence-electron chi connectivity index (χ3n) is 7.44. The molecule has 0 radical (unpaired) electrons. The normalized spacial score (nSPS) is 15.4. The maximum absolute atomic E-state index is 14.2. The van der Waals surface area contributed by atoms with Gasteiger partial charge in [0.05, 0.1) is 17.3 Å². The third kappa shape index (κ3) is 5.04. The number of urea groups is 1. The Bertz CT molecular complexity index is 1940. The molecular weight excluding hydrogens is 623 g/mol. The lowest BCUT2D eigenvalue weighted by Gasteiger charge is -2.35. The number of nitrogen functional groups attached to an aromatic ring is 1. The fraction of sp³-hybridized carbons (Fsp3) is 0.133. The van der Waals surface area contributed by atoms with E-state index in [4.69, 9.17) is 28.9 Å². The van der Waals surface area contributed by atoms with Gasteiger partial charge in [-0.1, -0.05) is 23.2 Å².